The monoisotopic (exact) mass is 229 g/mol. The highest BCUT2D eigenvalue weighted by Crippen LogP contribution is 2.55. The number of nitrogens with two attached hydrogens (primary N) is 1. The van der Waals surface area contributed by atoms with Gasteiger partial charge in [-0.25, -0.2) is 0 Å². The lowest BCUT2D eigenvalue weighted by Crippen LogP contribution is -2.39. The molecule has 1 saturated carbocycles. The van der Waals surface area contributed by atoms with Crippen LogP contribution in [0.5, 0.6) is 0 Å². The van der Waals surface area contributed by atoms with Gasteiger partial charge in [-0.2, -0.15) is 0 Å². The van der Waals surface area contributed by atoms with Gasteiger partial charge in [0.05, 0.1) is 0 Å². The molecular weight excluding hydrogens is 206 g/mol. The second-order valence-corrected chi connectivity index (χ2v) is 5.99. The first-order valence-electron chi connectivity index (χ1n) is 7.07. The van der Waals surface area contributed by atoms with E-state index >= 15 is 0 Å². The Kier molecular flexibility index (Phi) is 2.74. The second kappa shape index (κ2) is 4.13. The van der Waals surface area contributed by atoms with Gasteiger partial charge in [-0.1, -0.05) is 24.6 Å². The van der Waals surface area contributed by atoms with Crippen molar-refractivity contribution in [2.45, 2.75) is 56.8 Å². The highest BCUT2D eigenvalue weighted by molar-refractivity contribution is 5.46. The van der Waals surface area contributed by atoms with Gasteiger partial charge >= 0.3 is 0 Å². The number of hydrogen-bond acceptors (Lipinski definition) is 1. The Morgan fingerprint density at radius 2 is 2.12 bits per heavy atom. The van der Waals surface area contributed by atoms with Gasteiger partial charge in [0.15, 0.2) is 0 Å². The summed E-state index contributed by atoms with van der Waals surface area (Å²) in [5.74, 6) is 0.723. The van der Waals surface area contributed by atoms with Crippen molar-refractivity contribution >= 4 is 0 Å². The first kappa shape index (κ1) is 11.3. The van der Waals surface area contributed by atoms with E-state index < -0.39 is 0 Å². The zero-order chi connectivity index (χ0) is 11.9. The Morgan fingerprint density at radius 3 is 2.76 bits per heavy atom. The summed E-state index contributed by atoms with van der Waals surface area (Å²) in [6.07, 6.45) is 8.17. The zero-order valence-electron chi connectivity index (χ0n) is 10.8. The summed E-state index contributed by atoms with van der Waals surface area (Å²) >= 11 is 0. The van der Waals surface area contributed by atoms with Crippen LogP contribution in [-0.4, -0.2) is 6.54 Å². The van der Waals surface area contributed by atoms with Crippen molar-refractivity contribution in [1.82, 2.24) is 0 Å². The lowest BCUT2D eigenvalue weighted by atomic mass is 9.55. The van der Waals surface area contributed by atoms with E-state index in [4.69, 9.17) is 5.73 Å². The van der Waals surface area contributed by atoms with E-state index in [0.29, 0.717) is 5.41 Å². The van der Waals surface area contributed by atoms with E-state index in [1.165, 1.54) is 37.7 Å². The Balaban J connectivity index is 2.07. The Hall–Kier alpha value is -0.820. The molecule has 1 aromatic carbocycles. The minimum atomic E-state index is 0.561. The normalized spacial score (nSPS) is 25.4. The average Bonchev–Trinajstić information content (AvgIpc) is 2.28. The number of aryl methyl sites for hydroxylation is 1. The standard InChI is InChI=1S/C16H23N/c1-12-4-2-5-14-13(7-11-17)6-10-16(15(12)14)8-3-9-16/h2,4-5,13H,3,6-11,17H2,1H3. The molecule has 0 bridgehead atoms. The maximum absolute atomic E-state index is 5.77. The first-order valence-corrected chi connectivity index (χ1v) is 7.07. The smallest absolute Gasteiger partial charge is 0.00413 e. The zero-order valence-corrected chi connectivity index (χ0v) is 10.8. The van der Waals surface area contributed by atoms with Crippen molar-refractivity contribution in [3.63, 3.8) is 0 Å². The van der Waals surface area contributed by atoms with Crippen molar-refractivity contribution in [1.29, 1.82) is 0 Å². The first-order chi connectivity index (χ1) is 8.27. The summed E-state index contributed by atoms with van der Waals surface area (Å²) in [5.41, 5.74) is 11.2. The van der Waals surface area contributed by atoms with Gasteiger partial charge in [0.25, 0.3) is 0 Å². The van der Waals surface area contributed by atoms with Crippen molar-refractivity contribution in [2.75, 3.05) is 6.54 Å². The third-order valence-electron chi connectivity index (χ3n) is 5.07. The van der Waals surface area contributed by atoms with Crippen LogP contribution in [0.15, 0.2) is 18.2 Å². The second-order valence-electron chi connectivity index (χ2n) is 5.99. The molecule has 92 valence electrons. The maximum Gasteiger partial charge on any atom is -0.00413 e. The molecule has 1 spiro atoms. The Bertz CT molecular complexity index is 418. The topological polar surface area (TPSA) is 26.0 Å². The number of fused-ring (bicyclic) bond motifs is 2. The molecule has 3 rings (SSSR count). The van der Waals surface area contributed by atoms with Gasteiger partial charge in [-0.05, 0) is 73.6 Å². The van der Waals surface area contributed by atoms with Gasteiger partial charge in [0, 0.05) is 0 Å². The molecule has 1 aromatic rings. The van der Waals surface area contributed by atoms with Crippen LogP contribution in [0.2, 0.25) is 0 Å². The molecule has 0 aliphatic heterocycles. The fourth-order valence-corrected chi connectivity index (χ4v) is 4.09. The van der Waals surface area contributed by atoms with E-state index in [2.05, 4.69) is 25.1 Å². The molecule has 1 fully saturated rings. The number of rotatable bonds is 2. The molecule has 2 aliphatic rings. The minimum absolute atomic E-state index is 0.561. The maximum atomic E-state index is 5.77. The molecule has 1 heteroatoms. The summed E-state index contributed by atoms with van der Waals surface area (Å²) in [4.78, 5) is 0. The number of benzene rings is 1. The lowest BCUT2D eigenvalue weighted by Gasteiger charge is -2.49. The van der Waals surface area contributed by atoms with Gasteiger partial charge in [-0.3, -0.25) is 0 Å². The predicted octanol–water partition coefficient (Wildman–Crippen LogP) is 3.64. The number of hydrogen-bond donors (Lipinski definition) is 1. The van der Waals surface area contributed by atoms with Crippen LogP contribution in [0.4, 0.5) is 0 Å². The van der Waals surface area contributed by atoms with Crippen LogP contribution in [0, 0.1) is 6.92 Å². The van der Waals surface area contributed by atoms with Crippen LogP contribution in [-0.2, 0) is 5.41 Å². The van der Waals surface area contributed by atoms with E-state index in [0.717, 1.165) is 18.9 Å². The molecule has 2 N–H and O–H groups in total. The van der Waals surface area contributed by atoms with E-state index in [9.17, 15) is 0 Å². The van der Waals surface area contributed by atoms with Crippen molar-refractivity contribution in [3.8, 4) is 0 Å². The minimum Gasteiger partial charge on any atom is -0.330 e. The fraction of sp³-hybridized carbons (Fsp3) is 0.625. The molecule has 1 atom stereocenters. The largest absolute Gasteiger partial charge is 0.330 e. The SMILES string of the molecule is Cc1cccc2c1C1(CCC1)CCC2CCN. The van der Waals surface area contributed by atoms with Gasteiger partial charge < -0.3 is 5.73 Å². The third kappa shape index (κ3) is 1.63. The van der Waals surface area contributed by atoms with Crippen LogP contribution in [0.25, 0.3) is 0 Å². The van der Waals surface area contributed by atoms with Crippen LogP contribution < -0.4 is 5.73 Å². The quantitative estimate of drug-likeness (QED) is 0.823. The fourth-order valence-electron chi connectivity index (χ4n) is 4.09. The lowest BCUT2D eigenvalue weighted by molar-refractivity contribution is 0.196. The molecule has 2 aliphatic carbocycles. The summed E-state index contributed by atoms with van der Waals surface area (Å²) in [7, 11) is 0. The van der Waals surface area contributed by atoms with Gasteiger partial charge in [-0.15, -0.1) is 0 Å². The van der Waals surface area contributed by atoms with Crippen molar-refractivity contribution < 1.29 is 0 Å². The van der Waals surface area contributed by atoms with E-state index in [-0.39, 0.29) is 0 Å². The Labute approximate surface area is 104 Å². The highest BCUT2D eigenvalue weighted by Gasteiger charge is 2.44. The molecule has 0 amide bonds. The molecule has 0 aromatic heterocycles. The molecule has 0 saturated heterocycles. The van der Waals surface area contributed by atoms with Gasteiger partial charge in [0.2, 0.25) is 0 Å². The van der Waals surface area contributed by atoms with E-state index in [1.54, 1.807) is 11.1 Å². The van der Waals surface area contributed by atoms with E-state index in [1.807, 2.05) is 0 Å². The molecule has 1 unspecified atom stereocenters. The van der Waals surface area contributed by atoms with Crippen LogP contribution in [0.3, 0.4) is 0 Å². The van der Waals surface area contributed by atoms with Crippen molar-refractivity contribution in [2.24, 2.45) is 5.73 Å². The third-order valence-corrected chi connectivity index (χ3v) is 5.07. The predicted molar refractivity (Wildman–Crippen MR) is 72.4 cm³/mol. The summed E-state index contributed by atoms with van der Waals surface area (Å²) < 4.78 is 0. The van der Waals surface area contributed by atoms with Gasteiger partial charge in [0.1, 0.15) is 0 Å². The molecule has 0 heterocycles. The summed E-state index contributed by atoms with van der Waals surface area (Å²) in [5, 5.41) is 0. The summed E-state index contributed by atoms with van der Waals surface area (Å²) in [6.45, 7) is 3.12. The van der Waals surface area contributed by atoms with Crippen molar-refractivity contribution in [3.05, 3.63) is 34.9 Å². The highest BCUT2D eigenvalue weighted by atomic mass is 14.5. The average molecular weight is 229 g/mol. The Morgan fingerprint density at radius 1 is 1.29 bits per heavy atom. The molecular formula is C16H23N. The summed E-state index contributed by atoms with van der Waals surface area (Å²) in [6, 6.07) is 6.89. The molecule has 0 radical (unpaired) electrons. The van der Waals surface area contributed by atoms with Crippen LogP contribution >= 0.6 is 0 Å². The molecule has 17 heavy (non-hydrogen) atoms. The molecule has 1 nitrogen and oxygen atoms in total. The van der Waals surface area contributed by atoms with Crippen LogP contribution in [0.1, 0.15) is 61.1 Å².